The zero-order valence-electron chi connectivity index (χ0n) is 20.1. The molecule has 1 unspecified atom stereocenters. The lowest BCUT2D eigenvalue weighted by molar-refractivity contribution is -0.118. The summed E-state index contributed by atoms with van der Waals surface area (Å²) in [6.45, 7) is 0.230. The summed E-state index contributed by atoms with van der Waals surface area (Å²) in [7, 11) is -2.03. The third-order valence-corrected chi connectivity index (χ3v) is 7.20. The van der Waals surface area contributed by atoms with E-state index in [9.17, 15) is 18.0 Å². The second-order valence-electron chi connectivity index (χ2n) is 8.14. The van der Waals surface area contributed by atoms with Crippen LogP contribution in [0.1, 0.15) is 16.8 Å². The summed E-state index contributed by atoms with van der Waals surface area (Å²) < 4.78 is 29.4. The van der Waals surface area contributed by atoms with Crippen LogP contribution >= 0.6 is 11.3 Å². The molecule has 1 atom stereocenters. The number of nitrogens with zero attached hydrogens (tertiary/aromatic N) is 3. The standard InChI is InChI=1S/C25H25N5O5S2/c1-35-13-9-21(27-23(31)20-8-12-30(15-20)37(2,33)34)24(32)29-25-28-22(16-36-25)19-5-3-4-18(14-19)17-6-10-26-11-7-17/h3-8,10-12,14-16,21H,9,13H2,1-2H3,(H,27,31)(H,28,29,32). The Kier molecular flexibility index (Phi) is 8.11. The van der Waals surface area contributed by atoms with Gasteiger partial charge in [-0.1, -0.05) is 18.2 Å². The lowest BCUT2D eigenvalue weighted by Crippen LogP contribution is -2.44. The number of nitrogens with one attached hydrogen (secondary N) is 2. The Hall–Kier alpha value is -3.87. The molecule has 0 saturated carbocycles. The number of pyridine rings is 1. The molecule has 192 valence electrons. The molecule has 2 N–H and O–H groups in total. The molecule has 2 amide bonds. The van der Waals surface area contributed by atoms with Gasteiger partial charge in [0.15, 0.2) is 5.13 Å². The van der Waals surface area contributed by atoms with E-state index in [-0.39, 0.29) is 18.6 Å². The van der Waals surface area contributed by atoms with Crippen molar-refractivity contribution in [3.8, 4) is 22.4 Å². The predicted octanol–water partition coefficient (Wildman–Crippen LogP) is 3.25. The molecule has 0 bridgehead atoms. The number of carbonyl (C=O) groups is 2. The van der Waals surface area contributed by atoms with Crippen LogP contribution in [0.4, 0.5) is 5.13 Å². The first-order valence-corrected chi connectivity index (χ1v) is 13.9. The Bertz CT molecular complexity index is 1500. The van der Waals surface area contributed by atoms with Crippen LogP contribution in [0.2, 0.25) is 0 Å². The van der Waals surface area contributed by atoms with E-state index < -0.39 is 27.9 Å². The molecule has 3 heterocycles. The zero-order valence-corrected chi connectivity index (χ0v) is 21.8. The predicted molar refractivity (Wildman–Crippen MR) is 142 cm³/mol. The Morgan fingerprint density at radius 2 is 1.86 bits per heavy atom. The van der Waals surface area contributed by atoms with Gasteiger partial charge in [-0.05, 0) is 41.8 Å². The van der Waals surface area contributed by atoms with Gasteiger partial charge in [-0.2, -0.15) is 0 Å². The van der Waals surface area contributed by atoms with Crippen LogP contribution in [0.5, 0.6) is 0 Å². The van der Waals surface area contributed by atoms with Gasteiger partial charge in [0.2, 0.25) is 15.9 Å². The quantitative estimate of drug-likeness (QED) is 0.316. The molecule has 0 spiro atoms. The topological polar surface area (TPSA) is 132 Å². The van der Waals surface area contributed by atoms with Crippen LogP contribution in [-0.2, 0) is 19.6 Å². The average molecular weight is 540 g/mol. The normalized spacial score (nSPS) is 12.2. The summed E-state index contributed by atoms with van der Waals surface area (Å²) in [4.78, 5) is 34.3. The second-order valence-corrected chi connectivity index (χ2v) is 10.9. The number of hydrogen-bond acceptors (Lipinski definition) is 8. The minimum atomic E-state index is -3.53. The Labute approximate surface area is 218 Å². The SMILES string of the molecule is COCCC(NC(=O)c1ccn(S(C)(=O)=O)c1)C(=O)Nc1nc(-c2cccc(-c3ccncc3)c2)cs1. The molecule has 0 aliphatic heterocycles. The van der Waals surface area contributed by atoms with Gasteiger partial charge in [0, 0.05) is 49.4 Å². The summed E-state index contributed by atoms with van der Waals surface area (Å²) in [6.07, 6.45) is 7.18. The highest BCUT2D eigenvalue weighted by atomic mass is 32.2. The highest BCUT2D eigenvalue weighted by Crippen LogP contribution is 2.28. The summed E-state index contributed by atoms with van der Waals surface area (Å²) in [5.41, 5.74) is 3.77. The van der Waals surface area contributed by atoms with Gasteiger partial charge in [0.05, 0.1) is 17.5 Å². The van der Waals surface area contributed by atoms with Crippen molar-refractivity contribution in [2.45, 2.75) is 12.5 Å². The first-order valence-electron chi connectivity index (χ1n) is 11.2. The van der Waals surface area contributed by atoms with Crippen molar-refractivity contribution < 1.29 is 22.7 Å². The molecule has 0 saturated heterocycles. The maximum atomic E-state index is 13.0. The van der Waals surface area contributed by atoms with Crippen molar-refractivity contribution >= 4 is 38.3 Å². The number of ether oxygens (including phenoxy) is 1. The number of anilines is 1. The minimum absolute atomic E-state index is 0.117. The van der Waals surface area contributed by atoms with Crippen molar-refractivity contribution in [3.05, 3.63) is 78.2 Å². The molecule has 12 heteroatoms. The van der Waals surface area contributed by atoms with E-state index in [4.69, 9.17) is 4.74 Å². The highest BCUT2D eigenvalue weighted by molar-refractivity contribution is 7.89. The largest absolute Gasteiger partial charge is 0.385 e. The number of rotatable bonds is 10. The first kappa shape index (κ1) is 26.2. The molecule has 3 aromatic heterocycles. The van der Waals surface area contributed by atoms with Gasteiger partial charge < -0.3 is 15.4 Å². The number of methoxy groups -OCH3 is 1. The average Bonchev–Trinajstić information content (AvgIpc) is 3.57. The lowest BCUT2D eigenvalue weighted by atomic mass is 10.0. The number of carbonyl (C=O) groups excluding carboxylic acids is 2. The molecule has 0 aliphatic rings. The number of amides is 2. The van der Waals surface area contributed by atoms with E-state index in [1.54, 1.807) is 12.4 Å². The molecule has 0 aliphatic carbocycles. The molecule has 4 aromatic rings. The summed E-state index contributed by atoms with van der Waals surface area (Å²) in [5.74, 6) is -1.04. The van der Waals surface area contributed by atoms with Crippen LogP contribution in [-0.4, -0.2) is 60.2 Å². The van der Waals surface area contributed by atoms with Gasteiger partial charge in [-0.3, -0.25) is 18.5 Å². The first-order chi connectivity index (χ1) is 17.7. The summed E-state index contributed by atoms with van der Waals surface area (Å²) in [5, 5.41) is 7.64. The molecule has 0 radical (unpaired) electrons. The Morgan fingerprint density at radius 1 is 1.11 bits per heavy atom. The zero-order chi connectivity index (χ0) is 26.4. The third kappa shape index (κ3) is 6.67. The number of aromatic nitrogens is 3. The summed E-state index contributed by atoms with van der Waals surface area (Å²) >= 11 is 1.27. The van der Waals surface area contributed by atoms with Gasteiger partial charge in [-0.25, -0.2) is 13.4 Å². The monoisotopic (exact) mass is 539 g/mol. The maximum absolute atomic E-state index is 13.0. The van der Waals surface area contributed by atoms with E-state index in [0.717, 1.165) is 26.9 Å². The van der Waals surface area contributed by atoms with E-state index >= 15 is 0 Å². The maximum Gasteiger partial charge on any atom is 0.253 e. The third-order valence-electron chi connectivity index (χ3n) is 5.45. The fourth-order valence-electron chi connectivity index (χ4n) is 3.52. The number of thiazole rings is 1. The number of hydrogen-bond donors (Lipinski definition) is 2. The van der Waals surface area contributed by atoms with E-state index in [0.29, 0.717) is 10.8 Å². The molecule has 1 aromatic carbocycles. The van der Waals surface area contributed by atoms with Crippen molar-refractivity contribution in [1.29, 1.82) is 0 Å². The van der Waals surface area contributed by atoms with Gasteiger partial charge >= 0.3 is 0 Å². The van der Waals surface area contributed by atoms with Crippen molar-refractivity contribution in [2.75, 3.05) is 25.3 Å². The Balaban J connectivity index is 1.46. The molecule has 10 nitrogen and oxygen atoms in total. The fraction of sp³-hybridized carbons (Fsp3) is 0.200. The summed E-state index contributed by atoms with van der Waals surface area (Å²) in [6, 6.07) is 12.2. The molecule has 4 rings (SSSR count). The van der Waals surface area contributed by atoms with Crippen LogP contribution in [0.15, 0.2) is 72.6 Å². The van der Waals surface area contributed by atoms with E-state index in [1.165, 1.54) is 36.9 Å². The van der Waals surface area contributed by atoms with Gasteiger partial charge in [-0.15, -0.1) is 11.3 Å². The van der Waals surface area contributed by atoms with Crippen LogP contribution in [0.3, 0.4) is 0 Å². The van der Waals surface area contributed by atoms with E-state index in [2.05, 4.69) is 20.6 Å². The molecule has 0 fully saturated rings. The highest BCUT2D eigenvalue weighted by Gasteiger charge is 2.23. The van der Waals surface area contributed by atoms with Crippen LogP contribution in [0.25, 0.3) is 22.4 Å². The second kappa shape index (κ2) is 11.5. The number of benzene rings is 1. The Morgan fingerprint density at radius 3 is 2.57 bits per heavy atom. The van der Waals surface area contributed by atoms with Crippen molar-refractivity contribution in [3.63, 3.8) is 0 Å². The van der Waals surface area contributed by atoms with Gasteiger partial charge in [0.25, 0.3) is 5.91 Å². The molecular formula is C25H25N5O5S2. The molecule has 37 heavy (non-hydrogen) atoms. The molecular weight excluding hydrogens is 514 g/mol. The van der Waals surface area contributed by atoms with E-state index in [1.807, 2.05) is 41.8 Å². The van der Waals surface area contributed by atoms with Crippen molar-refractivity contribution in [2.24, 2.45) is 0 Å². The lowest BCUT2D eigenvalue weighted by Gasteiger charge is -2.17. The minimum Gasteiger partial charge on any atom is -0.385 e. The van der Waals surface area contributed by atoms with Crippen LogP contribution in [0, 0.1) is 0 Å². The van der Waals surface area contributed by atoms with Crippen molar-refractivity contribution in [1.82, 2.24) is 19.3 Å². The smallest absolute Gasteiger partial charge is 0.253 e. The fourth-order valence-corrected chi connectivity index (χ4v) is 4.83. The van der Waals surface area contributed by atoms with Crippen LogP contribution < -0.4 is 10.6 Å². The van der Waals surface area contributed by atoms with Gasteiger partial charge in [0.1, 0.15) is 6.04 Å².